The van der Waals surface area contributed by atoms with E-state index < -0.39 is 30.2 Å². The predicted molar refractivity (Wildman–Crippen MR) is 112 cm³/mol. The number of benzene rings is 2. The summed E-state index contributed by atoms with van der Waals surface area (Å²) in [6, 6.07) is 6.65. The summed E-state index contributed by atoms with van der Waals surface area (Å²) < 4.78 is 38.1. The van der Waals surface area contributed by atoms with Crippen LogP contribution >= 0.6 is 12.4 Å². The summed E-state index contributed by atoms with van der Waals surface area (Å²) in [6.07, 6.45) is -0.470. The number of ether oxygens (including phenoxy) is 2. The highest BCUT2D eigenvalue weighted by molar-refractivity contribution is 5.85. The van der Waals surface area contributed by atoms with Crippen LogP contribution in [-0.4, -0.2) is 52.8 Å². The highest BCUT2D eigenvalue weighted by Crippen LogP contribution is 2.37. The molecule has 0 amide bonds. The van der Waals surface area contributed by atoms with Crippen molar-refractivity contribution in [1.29, 1.82) is 0 Å². The molecule has 0 aromatic heterocycles. The maximum atomic E-state index is 13.4. The molecule has 6 nitrogen and oxygen atoms in total. The van der Waals surface area contributed by atoms with Gasteiger partial charge in [-0.15, -0.1) is 12.4 Å². The van der Waals surface area contributed by atoms with Crippen molar-refractivity contribution in [3.63, 3.8) is 0 Å². The van der Waals surface area contributed by atoms with Crippen molar-refractivity contribution in [3.05, 3.63) is 53.1 Å². The van der Waals surface area contributed by atoms with Crippen LogP contribution in [-0.2, 0) is 12.8 Å². The van der Waals surface area contributed by atoms with Gasteiger partial charge in [-0.3, -0.25) is 0 Å². The van der Waals surface area contributed by atoms with Crippen molar-refractivity contribution in [2.45, 2.75) is 50.1 Å². The molecule has 0 radical (unpaired) electrons. The maximum Gasteiger partial charge on any atom is 0.164 e. The summed E-state index contributed by atoms with van der Waals surface area (Å²) >= 11 is 0. The van der Waals surface area contributed by atoms with Crippen LogP contribution in [0.15, 0.2) is 30.3 Å². The van der Waals surface area contributed by atoms with Crippen LogP contribution in [0.4, 0.5) is 8.78 Å². The lowest BCUT2D eigenvalue weighted by Crippen LogP contribution is -2.46. The second-order valence-corrected chi connectivity index (χ2v) is 7.85. The van der Waals surface area contributed by atoms with Gasteiger partial charge in [0, 0.05) is 24.7 Å². The minimum Gasteiger partial charge on any atom is -0.504 e. The van der Waals surface area contributed by atoms with Crippen molar-refractivity contribution < 1.29 is 33.6 Å². The molecule has 2 aliphatic rings. The zero-order valence-electron chi connectivity index (χ0n) is 16.8. The third-order valence-electron chi connectivity index (χ3n) is 5.64. The van der Waals surface area contributed by atoms with Gasteiger partial charge in [0.2, 0.25) is 0 Å². The second-order valence-electron chi connectivity index (χ2n) is 7.85. The smallest absolute Gasteiger partial charge is 0.164 e. The topological polar surface area (TPSA) is 91.2 Å². The van der Waals surface area contributed by atoms with Gasteiger partial charge >= 0.3 is 0 Å². The van der Waals surface area contributed by atoms with Crippen molar-refractivity contribution >= 4 is 12.4 Å². The average molecular weight is 458 g/mol. The quantitative estimate of drug-likeness (QED) is 0.533. The van der Waals surface area contributed by atoms with Crippen LogP contribution in [0.1, 0.15) is 24.0 Å². The third kappa shape index (κ3) is 5.38. The monoisotopic (exact) mass is 457 g/mol. The van der Waals surface area contributed by atoms with Gasteiger partial charge < -0.3 is 30.1 Å². The number of hydrogen-bond donors (Lipinski definition) is 4. The number of aliphatic hydroxyl groups excluding tert-OH is 2. The molecule has 2 aliphatic heterocycles. The SMILES string of the molecule is Cl.Oc1cc(F)cc2c1OC(C(O)CNCC(O)C1CCc3cc(F)ccc3O1)CC2. The van der Waals surface area contributed by atoms with E-state index in [1.807, 2.05) is 0 Å². The molecule has 0 saturated heterocycles. The van der Waals surface area contributed by atoms with Gasteiger partial charge in [-0.05, 0) is 55.5 Å². The van der Waals surface area contributed by atoms with Gasteiger partial charge in [-0.2, -0.15) is 0 Å². The molecule has 4 N–H and O–H groups in total. The number of aliphatic hydroxyl groups is 2. The standard InChI is InChI=1S/C22H25F2NO5.ClH/c23-14-3-6-19-12(7-14)1-4-20(29-19)17(27)10-25-11-18(28)21-5-2-13-8-15(24)9-16(26)22(13)30-21;/h3,6-9,17-18,20-21,25-28H,1-2,4-5,10-11H2;1H. The number of phenolic OH excluding ortho intramolecular Hbond substituents is 1. The van der Waals surface area contributed by atoms with Gasteiger partial charge in [0.25, 0.3) is 0 Å². The number of halogens is 3. The number of nitrogens with one attached hydrogen (secondary N) is 1. The van der Waals surface area contributed by atoms with E-state index in [4.69, 9.17) is 9.47 Å². The Balaban J connectivity index is 0.00000272. The summed E-state index contributed by atoms with van der Waals surface area (Å²) in [5.41, 5.74) is 1.37. The van der Waals surface area contributed by atoms with E-state index in [1.54, 1.807) is 6.07 Å². The van der Waals surface area contributed by atoms with E-state index in [1.165, 1.54) is 18.2 Å². The second kappa shape index (κ2) is 9.99. The summed E-state index contributed by atoms with van der Waals surface area (Å²) in [6.45, 7) is 0.381. The molecule has 0 saturated carbocycles. The maximum absolute atomic E-state index is 13.4. The van der Waals surface area contributed by atoms with Gasteiger partial charge in [-0.25, -0.2) is 8.78 Å². The van der Waals surface area contributed by atoms with E-state index >= 15 is 0 Å². The Morgan fingerprint density at radius 1 is 0.903 bits per heavy atom. The average Bonchev–Trinajstić information content (AvgIpc) is 2.72. The lowest BCUT2D eigenvalue weighted by atomic mass is 9.98. The van der Waals surface area contributed by atoms with Crippen LogP contribution < -0.4 is 14.8 Å². The molecule has 170 valence electrons. The highest BCUT2D eigenvalue weighted by Gasteiger charge is 2.30. The zero-order valence-corrected chi connectivity index (χ0v) is 17.6. The van der Waals surface area contributed by atoms with Gasteiger partial charge in [0.05, 0.1) is 0 Å². The number of phenols is 1. The van der Waals surface area contributed by atoms with E-state index in [0.29, 0.717) is 37.0 Å². The molecule has 2 heterocycles. The fourth-order valence-corrected chi connectivity index (χ4v) is 4.03. The number of hydrogen-bond acceptors (Lipinski definition) is 6. The Bertz CT molecular complexity index is 916. The first-order chi connectivity index (χ1) is 14.4. The van der Waals surface area contributed by atoms with Crippen LogP contribution in [0.5, 0.6) is 17.2 Å². The molecule has 4 unspecified atom stereocenters. The van der Waals surface area contributed by atoms with E-state index in [2.05, 4.69) is 5.32 Å². The molecule has 0 aliphatic carbocycles. The molecular weight excluding hydrogens is 432 g/mol. The first-order valence-corrected chi connectivity index (χ1v) is 10.1. The molecule has 2 aromatic carbocycles. The minimum atomic E-state index is -0.870. The largest absolute Gasteiger partial charge is 0.504 e. The number of aromatic hydroxyl groups is 1. The lowest BCUT2D eigenvalue weighted by molar-refractivity contribution is 0.00822. The van der Waals surface area contributed by atoms with Gasteiger partial charge in [0.1, 0.15) is 41.8 Å². The predicted octanol–water partition coefficient (Wildman–Crippen LogP) is 2.49. The fourth-order valence-electron chi connectivity index (χ4n) is 4.03. The molecule has 0 bridgehead atoms. The molecule has 4 atom stereocenters. The Kier molecular flexibility index (Phi) is 7.59. The van der Waals surface area contributed by atoms with Crippen molar-refractivity contribution in [3.8, 4) is 17.2 Å². The van der Waals surface area contributed by atoms with E-state index in [0.717, 1.165) is 11.6 Å². The zero-order chi connectivity index (χ0) is 21.3. The highest BCUT2D eigenvalue weighted by atomic mass is 35.5. The van der Waals surface area contributed by atoms with Crippen LogP contribution in [0.25, 0.3) is 0 Å². The van der Waals surface area contributed by atoms with Crippen LogP contribution in [0.3, 0.4) is 0 Å². The Labute approximate surface area is 185 Å². The summed E-state index contributed by atoms with van der Waals surface area (Å²) in [5.74, 6) is -0.324. The van der Waals surface area contributed by atoms with E-state index in [-0.39, 0.29) is 42.8 Å². The molecule has 0 spiro atoms. The van der Waals surface area contributed by atoms with Crippen LogP contribution in [0.2, 0.25) is 0 Å². The summed E-state index contributed by atoms with van der Waals surface area (Å²) in [7, 11) is 0. The molecule has 2 aromatic rings. The third-order valence-corrected chi connectivity index (χ3v) is 5.64. The van der Waals surface area contributed by atoms with Crippen molar-refractivity contribution in [2.75, 3.05) is 13.1 Å². The number of fused-ring (bicyclic) bond motifs is 2. The van der Waals surface area contributed by atoms with Crippen molar-refractivity contribution in [1.82, 2.24) is 5.32 Å². The Hall–Kier alpha value is -2.13. The molecule has 31 heavy (non-hydrogen) atoms. The first-order valence-electron chi connectivity index (χ1n) is 10.1. The number of rotatable bonds is 6. The summed E-state index contributed by atoms with van der Waals surface area (Å²) in [5, 5.41) is 33.8. The fraction of sp³-hybridized carbons (Fsp3) is 0.455. The normalized spacial score (nSPS) is 21.5. The first kappa shape index (κ1) is 23.5. The molecule has 0 fully saturated rings. The molecule has 4 rings (SSSR count). The van der Waals surface area contributed by atoms with Crippen molar-refractivity contribution in [2.24, 2.45) is 0 Å². The Morgan fingerprint density at radius 2 is 1.52 bits per heavy atom. The molecule has 9 heteroatoms. The molecular formula is C22H26ClF2NO5. The van der Waals surface area contributed by atoms with Gasteiger partial charge in [0.15, 0.2) is 11.5 Å². The minimum absolute atomic E-state index is 0. The lowest BCUT2D eigenvalue weighted by Gasteiger charge is -2.31. The Morgan fingerprint density at radius 3 is 2.23 bits per heavy atom. The van der Waals surface area contributed by atoms with Crippen LogP contribution in [0, 0.1) is 11.6 Å². The summed E-state index contributed by atoms with van der Waals surface area (Å²) in [4.78, 5) is 0. The van der Waals surface area contributed by atoms with E-state index in [9.17, 15) is 24.1 Å². The number of aryl methyl sites for hydroxylation is 2. The van der Waals surface area contributed by atoms with Gasteiger partial charge in [-0.1, -0.05) is 0 Å².